The van der Waals surface area contributed by atoms with Gasteiger partial charge >= 0.3 is 0 Å². The molecule has 0 radical (unpaired) electrons. The summed E-state index contributed by atoms with van der Waals surface area (Å²) >= 11 is 0. The van der Waals surface area contributed by atoms with Gasteiger partial charge in [0.2, 0.25) is 0 Å². The molecule has 0 amide bonds. The van der Waals surface area contributed by atoms with Crippen LogP contribution in [-0.2, 0) is 4.74 Å². The molecule has 1 N–H and O–H groups in total. The van der Waals surface area contributed by atoms with Gasteiger partial charge in [-0.25, -0.2) is 0 Å². The first-order valence-corrected chi connectivity index (χ1v) is 6.66. The first-order valence-electron chi connectivity index (χ1n) is 6.66. The van der Waals surface area contributed by atoms with Crippen LogP contribution in [0, 0.1) is 0 Å². The first kappa shape index (κ1) is 14.1. The van der Waals surface area contributed by atoms with Crippen molar-refractivity contribution in [2.75, 3.05) is 53.2 Å². The molecule has 0 atom stereocenters. The van der Waals surface area contributed by atoms with E-state index < -0.39 is 0 Å². The van der Waals surface area contributed by atoms with Gasteiger partial charge in [-0.05, 0) is 24.3 Å². The van der Waals surface area contributed by atoms with Crippen molar-refractivity contribution in [2.45, 2.75) is 0 Å². The van der Waals surface area contributed by atoms with Crippen LogP contribution in [0.2, 0.25) is 0 Å². The third-order valence-corrected chi connectivity index (χ3v) is 3.11. The number of nitrogens with one attached hydrogen (secondary N) is 1. The number of hydrogen-bond acceptors (Lipinski definition) is 5. The maximum Gasteiger partial charge on any atom is 0.139 e. The Balaban J connectivity index is 1.55. The maximum atomic E-state index is 5.59. The van der Waals surface area contributed by atoms with Gasteiger partial charge in [0.25, 0.3) is 0 Å². The average Bonchev–Trinajstić information content (AvgIpc) is 2.49. The fraction of sp³-hybridized carbons (Fsp3) is 0.571. The third-order valence-electron chi connectivity index (χ3n) is 3.11. The Hall–Kier alpha value is -1.30. The lowest BCUT2D eigenvalue weighted by atomic mass is 10.3. The molecular formula is C14H22N2O3. The van der Waals surface area contributed by atoms with Gasteiger partial charge in [0.15, 0.2) is 0 Å². The smallest absolute Gasteiger partial charge is 0.139 e. The highest BCUT2D eigenvalue weighted by Crippen LogP contribution is 2.16. The van der Waals surface area contributed by atoms with Crippen molar-refractivity contribution in [3.8, 4) is 11.5 Å². The summed E-state index contributed by atoms with van der Waals surface area (Å²) in [5, 5.41) is 3.27. The first-order chi connectivity index (χ1) is 9.38. The van der Waals surface area contributed by atoms with Crippen molar-refractivity contribution in [3.05, 3.63) is 24.3 Å². The molecule has 5 heteroatoms. The van der Waals surface area contributed by atoms with E-state index in [-0.39, 0.29) is 0 Å². The molecule has 106 valence electrons. The summed E-state index contributed by atoms with van der Waals surface area (Å²) in [6.45, 7) is 6.24. The Morgan fingerprint density at radius 2 is 1.84 bits per heavy atom. The molecule has 2 rings (SSSR count). The number of morpholine rings is 1. The highest BCUT2D eigenvalue weighted by Gasteiger charge is 2.08. The summed E-state index contributed by atoms with van der Waals surface area (Å²) in [5.41, 5.74) is 0. The summed E-state index contributed by atoms with van der Waals surface area (Å²) in [6, 6.07) is 7.59. The average molecular weight is 266 g/mol. The molecule has 1 aliphatic heterocycles. The minimum absolute atomic E-state index is 0.524. The molecule has 1 heterocycles. The van der Waals surface area contributed by atoms with Gasteiger partial charge in [-0.15, -0.1) is 0 Å². The molecule has 1 aromatic carbocycles. The van der Waals surface area contributed by atoms with Crippen molar-refractivity contribution in [1.82, 2.24) is 10.2 Å². The van der Waals surface area contributed by atoms with E-state index in [2.05, 4.69) is 10.2 Å². The lowest BCUT2D eigenvalue weighted by molar-refractivity contribution is 0.0379. The van der Waals surface area contributed by atoms with Gasteiger partial charge in [0.05, 0.1) is 20.3 Å². The Morgan fingerprint density at radius 3 is 2.53 bits per heavy atom. The normalized spacial score (nSPS) is 16.3. The molecule has 5 nitrogen and oxygen atoms in total. The van der Waals surface area contributed by atoms with Gasteiger partial charge in [0.1, 0.15) is 18.2 Å². The monoisotopic (exact) mass is 266 g/mol. The number of hydrogen-bond donors (Lipinski definition) is 1. The molecule has 0 saturated carbocycles. The fourth-order valence-corrected chi connectivity index (χ4v) is 1.94. The summed E-state index contributed by atoms with van der Waals surface area (Å²) in [5.74, 6) is 1.69. The standard InChI is InChI=1S/C14H22N2O3/c1-17-13-2-4-14(5-3-13)19-12-15-6-7-16-8-10-18-11-9-16/h2-5,15H,6-12H2,1H3. The summed E-state index contributed by atoms with van der Waals surface area (Å²) < 4.78 is 16.0. The van der Waals surface area contributed by atoms with E-state index in [4.69, 9.17) is 14.2 Å². The Labute approximate surface area is 114 Å². The van der Waals surface area contributed by atoms with E-state index in [0.717, 1.165) is 50.9 Å². The second-order valence-electron chi connectivity index (χ2n) is 4.42. The zero-order valence-electron chi connectivity index (χ0n) is 11.4. The van der Waals surface area contributed by atoms with Gasteiger partial charge in [-0.3, -0.25) is 10.2 Å². The predicted molar refractivity (Wildman–Crippen MR) is 73.8 cm³/mol. The predicted octanol–water partition coefficient (Wildman–Crippen LogP) is 0.953. The Kier molecular flexibility index (Phi) is 5.94. The van der Waals surface area contributed by atoms with Crippen LogP contribution < -0.4 is 14.8 Å². The van der Waals surface area contributed by atoms with Crippen LogP contribution in [0.1, 0.15) is 0 Å². The largest absolute Gasteiger partial charge is 0.497 e. The van der Waals surface area contributed by atoms with Crippen LogP contribution >= 0.6 is 0 Å². The Bertz CT molecular complexity index is 350. The van der Waals surface area contributed by atoms with Crippen LogP contribution in [0.4, 0.5) is 0 Å². The number of methoxy groups -OCH3 is 1. The molecular weight excluding hydrogens is 244 g/mol. The van der Waals surface area contributed by atoms with Crippen molar-refractivity contribution in [2.24, 2.45) is 0 Å². The van der Waals surface area contributed by atoms with Crippen LogP contribution in [0.15, 0.2) is 24.3 Å². The highest BCUT2D eigenvalue weighted by atomic mass is 16.5. The number of nitrogens with zero attached hydrogens (tertiary/aromatic N) is 1. The molecule has 0 spiro atoms. The van der Waals surface area contributed by atoms with E-state index in [1.807, 2.05) is 24.3 Å². The minimum atomic E-state index is 0.524. The topological polar surface area (TPSA) is 43.0 Å². The molecule has 19 heavy (non-hydrogen) atoms. The summed E-state index contributed by atoms with van der Waals surface area (Å²) in [7, 11) is 1.66. The number of ether oxygens (including phenoxy) is 3. The lowest BCUT2D eigenvalue weighted by Gasteiger charge is -2.26. The quantitative estimate of drug-likeness (QED) is 0.588. The molecule has 0 aliphatic carbocycles. The maximum absolute atomic E-state index is 5.59. The lowest BCUT2D eigenvalue weighted by Crippen LogP contribution is -2.40. The van der Waals surface area contributed by atoms with E-state index in [1.165, 1.54) is 0 Å². The van der Waals surface area contributed by atoms with Crippen LogP contribution in [-0.4, -0.2) is 58.1 Å². The van der Waals surface area contributed by atoms with Gasteiger partial charge in [-0.2, -0.15) is 0 Å². The molecule has 1 aliphatic rings. The van der Waals surface area contributed by atoms with E-state index in [0.29, 0.717) is 6.73 Å². The third kappa shape index (κ3) is 5.06. The SMILES string of the molecule is COc1ccc(OCNCCN2CCOCC2)cc1. The van der Waals surface area contributed by atoms with E-state index in [1.54, 1.807) is 7.11 Å². The van der Waals surface area contributed by atoms with Crippen LogP contribution in [0.25, 0.3) is 0 Å². The van der Waals surface area contributed by atoms with Crippen molar-refractivity contribution >= 4 is 0 Å². The van der Waals surface area contributed by atoms with E-state index in [9.17, 15) is 0 Å². The number of rotatable bonds is 7. The molecule has 1 aromatic rings. The highest BCUT2D eigenvalue weighted by molar-refractivity contribution is 5.30. The van der Waals surface area contributed by atoms with Crippen molar-refractivity contribution in [1.29, 1.82) is 0 Å². The minimum Gasteiger partial charge on any atom is -0.497 e. The molecule has 0 aromatic heterocycles. The van der Waals surface area contributed by atoms with Gasteiger partial charge < -0.3 is 14.2 Å². The van der Waals surface area contributed by atoms with Crippen LogP contribution in [0.3, 0.4) is 0 Å². The van der Waals surface area contributed by atoms with E-state index >= 15 is 0 Å². The Morgan fingerprint density at radius 1 is 1.16 bits per heavy atom. The van der Waals surface area contributed by atoms with Crippen molar-refractivity contribution in [3.63, 3.8) is 0 Å². The van der Waals surface area contributed by atoms with Gasteiger partial charge in [0, 0.05) is 26.2 Å². The molecule has 1 fully saturated rings. The second kappa shape index (κ2) is 7.99. The van der Waals surface area contributed by atoms with Crippen LogP contribution in [0.5, 0.6) is 11.5 Å². The molecule has 1 saturated heterocycles. The zero-order chi connectivity index (χ0) is 13.3. The molecule has 0 unspecified atom stereocenters. The zero-order valence-corrected chi connectivity index (χ0v) is 11.4. The van der Waals surface area contributed by atoms with Gasteiger partial charge in [-0.1, -0.05) is 0 Å². The fourth-order valence-electron chi connectivity index (χ4n) is 1.94. The summed E-state index contributed by atoms with van der Waals surface area (Å²) in [4.78, 5) is 2.39. The van der Waals surface area contributed by atoms with Crippen molar-refractivity contribution < 1.29 is 14.2 Å². The number of benzene rings is 1. The summed E-state index contributed by atoms with van der Waals surface area (Å²) in [6.07, 6.45) is 0. The molecule has 0 bridgehead atoms. The second-order valence-corrected chi connectivity index (χ2v) is 4.42.